The molecule has 6 rings (SSSR count). The molecule has 4 fully saturated rings. The maximum Gasteiger partial charge on any atom is 0.0210 e. The molecule has 2 heteroatoms. The van der Waals surface area contributed by atoms with Crippen molar-refractivity contribution in [1.82, 2.24) is 5.32 Å². The summed E-state index contributed by atoms with van der Waals surface area (Å²) in [6.45, 7) is 1.02. The molecule has 0 saturated heterocycles. The molecule has 4 bridgehead atoms. The van der Waals surface area contributed by atoms with E-state index in [1.807, 2.05) is 11.8 Å². The Balaban J connectivity index is 1.29. The van der Waals surface area contributed by atoms with E-state index in [0.29, 0.717) is 5.54 Å². The van der Waals surface area contributed by atoms with Gasteiger partial charge >= 0.3 is 0 Å². The first-order valence-electron chi connectivity index (χ1n) is 10.2. The molecular weight excluding hydrogens is 334 g/mol. The largest absolute Gasteiger partial charge is 0.307 e. The van der Waals surface area contributed by atoms with Crippen molar-refractivity contribution in [2.45, 2.75) is 55.5 Å². The third-order valence-electron chi connectivity index (χ3n) is 7.08. The molecule has 26 heavy (non-hydrogen) atoms. The summed E-state index contributed by atoms with van der Waals surface area (Å²) in [7, 11) is 0. The van der Waals surface area contributed by atoms with E-state index in [-0.39, 0.29) is 0 Å². The van der Waals surface area contributed by atoms with Crippen molar-refractivity contribution in [3.63, 3.8) is 0 Å². The summed E-state index contributed by atoms with van der Waals surface area (Å²) < 4.78 is 0. The molecule has 0 spiro atoms. The highest BCUT2D eigenvalue weighted by molar-refractivity contribution is 7.98. The van der Waals surface area contributed by atoms with Gasteiger partial charge in [0.05, 0.1) is 0 Å². The van der Waals surface area contributed by atoms with E-state index in [4.69, 9.17) is 0 Å². The van der Waals surface area contributed by atoms with E-state index < -0.39 is 0 Å². The van der Waals surface area contributed by atoms with Crippen molar-refractivity contribution in [1.29, 1.82) is 0 Å². The Labute approximate surface area is 162 Å². The number of benzene rings is 2. The van der Waals surface area contributed by atoms with Crippen LogP contribution in [0.4, 0.5) is 0 Å². The SMILES string of the molecule is CSc1ccccc1-c1ccc(CNC23CC4CC(CC(C4)C2)C3)cc1. The quantitative estimate of drug-likeness (QED) is 0.641. The fraction of sp³-hybridized carbons (Fsp3) is 0.500. The molecule has 4 aliphatic carbocycles. The zero-order valence-corrected chi connectivity index (χ0v) is 16.5. The summed E-state index contributed by atoms with van der Waals surface area (Å²) in [4.78, 5) is 1.35. The fourth-order valence-electron chi connectivity index (χ4n) is 6.30. The van der Waals surface area contributed by atoms with Gasteiger partial charge in [-0.2, -0.15) is 0 Å². The van der Waals surface area contributed by atoms with Gasteiger partial charge < -0.3 is 5.32 Å². The van der Waals surface area contributed by atoms with Crippen molar-refractivity contribution >= 4 is 11.8 Å². The number of nitrogens with one attached hydrogen (secondary N) is 1. The molecule has 0 amide bonds. The van der Waals surface area contributed by atoms with Gasteiger partial charge in [0.15, 0.2) is 0 Å². The van der Waals surface area contributed by atoms with Crippen LogP contribution in [-0.4, -0.2) is 11.8 Å². The Kier molecular flexibility index (Phi) is 4.37. The number of thioether (sulfide) groups is 1. The van der Waals surface area contributed by atoms with Gasteiger partial charge in [-0.1, -0.05) is 42.5 Å². The minimum Gasteiger partial charge on any atom is -0.307 e. The molecule has 2 aromatic carbocycles. The maximum absolute atomic E-state index is 4.02. The number of hydrogen-bond acceptors (Lipinski definition) is 2. The second kappa shape index (κ2) is 6.73. The topological polar surface area (TPSA) is 12.0 Å². The monoisotopic (exact) mass is 363 g/mol. The summed E-state index contributed by atoms with van der Waals surface area (Å²) in [5.74, 6) is 3.04. The van der Waals surface area contributed by atoms with Crippen molar-refractivity contribution in [2.24, 2.45) is 17.8 Å². The Bertz CT molecular complexity index is 744. The minimum atomic E-state index is 0.457. The van der Waals surface area contributed by atoms with E-state index in [9.17, 15) is 0 Å². The van der Waals surface area contributed by atoms with Gasteiger partial charge in [0.25, 0.3) is 0 Å². The summed E-state index contributed by atoms with van der Waals surface area (Å²) in [5.41, 5.74) is 4.55. The van der Waals surface area contributed by atoms with Crippen LogP contribution in [0.2, 0.25) is 0 Å². The molecule has 1 nitrogen and oxygen atoms in total. The lowest BCUT2D eigenvalue weighted by molar-refractivity contribution is -0.0206. The van der Waals surface area contributed by atoms with Gasteiger partial charge in [-0.05, 0) is 85.3 Å². The van der Waals surface area contributed by atoms with Crippen molar-refractivity contribution < 1.29 is 0 Å². The molecule has 4 aliphatic rings. The summed E-state index contributed by atoms with van der Waals surface area (Å²) in [6, 6.07) is 17.9. The molecule has 0 heterocycles. The van der Waals surface area contributed by atoms with Crippen LogP contribution in [0.1, 0.15) is 44.1 Å². The van der Waals surface area contributed by atoms with Crippen LogP contribution in [0.25, 0.3) is 11.1 Å². The average Bonchev–Trinajstić information content (AvgIpc) is 2.66. The highest BCUT2D eigenvalue weighted by Crippen LogP contribution is 2.55. The predicted molar refractivity (Wildman–Crippen MR) is 111 cm³/mol. The van der Waals surface area contributed by atoms with Crippen molar-refractivity contribution in [3.8, 4) is 11.1 Å². The summed E-state index contributed by atoms with van der Waals surface area (Å²) in [6.07, 6.45) is 11.0. The third-order valence-corrected chi connectivity index (χ3v) is 7.87. The van der Waals surface area contributed by atoms with Crippen LogP contribution in [0.3, 0.4) is 0 Å². The Morgan fingerprint density at radius 3 is 2.12 bits per heavy atom. The van der Waals surface area contributed by atoms with E-state index >= 15 is 0 Å². The van der Waals surface area contributed by atoms with Gasteiger partial charge in [-0.3, -0.25) is 0 Å². The highest BCUT2D eigenvalue weighted by Gasteiger charge is 2.50. The van der Waals surface area contributed by atoms with Crippen LogP contribution in [0.5, 0.6) is 0 Å². The number of rotatable bonds is 5. The molecule has 4 saturated carbocycles. The lowest BCUT2D eigenvalue weighted by atomic mass is 9.53. The molecule has 2 aromatic rings. The highest BCUT2D eigenvalue weighted by atomic mass is 32.2. The second-order valence-corrected chi connectivity index (χ2v) is 9.80. The Morgan fingerprint density at radius 2 is 1.50 bits per heavy atom. The first-order valence-corrected chi connectivity index (χ1v) is 11.4. The first-order chi connectivity index (χ1) is 12.7. The van der Waals surface area contributed by atoms with E-state index in [2.05, 4.69) is 60.1 Å². The van der Waals surface area contributed by atoms with Gasteiger partial charge in [0, 0.05) is 17.0 Å². The number of hydrogen-bond donors (Lipinski definition) is 1. The lowest BCUT2D eigenvalue weighted by Gasteiger charge is -2.57. The van der Waals surface area contributed by atoms with Crippen molar-refractivity contribution in [3.05, 3.63) is 54.1 Å². The fourth-order valence-corrected chi connectivity index (χ4v) is 6.92. The van der Waals surface area contributed by atoms with Gasteiger partial charge in [0.1, 0.15) is 0 Å². The summed E-state index contributed by atoms with van der Waals surface area (Å²) in [5, 5.41) is 4.02. The van der Waals surface area contributed by atoms with Crippen LogP contribution in [0.15, 0.2) is 53.4 Å². The van der Waals surface area contributed by atoms with Gasteiger partial charge in [-0.25, -0.2) is 0 Å². The maximum atomic E-state index is 4.02. The summed E-state index contributed by atoms with van der Waals surface area (Å²) >= 11 is 1.82. The lowest BCUT2D eigenvalue weighted by Crippen LogP contribution is -2.58. The first kappa shape index (κ1) is 16.9. The Hall–Kier alpha value is -1.25. The molecule has 0 unspecified atom stereocenters. The molecule has 0 atom stereocenters. The van der Waals surface area contributed by atoms with Crippen LogP contribution in [-0.2, 0) is 6.54 Å². The zero-order valence-electron chi connectivity index (χ0n) is 15.7. The Morgan fingerprint density at radius 1 is 0.885 bits per heavy atom. The van der Waals surface area contributed by atoms with Crippen LogP contribution < -0.4 is 5.32 Å². The smallest absolute Gasteiger partial charge is 0.0210 e. The standard InChI is InChI=1S/C24H29NS/c1-26-23-5-3-2-4-22(23)21-8-6-17(7-9-21)16-25-24-13-18-10-19(14-24)12-20(11-18)15-24/h2-9,18-20,25H,10-16H2,1H3. The molecule has 0 aromatic heterocycles. The molecule has 0 radical (unpaired) electrons. The van der Waals surface area contributed by atoms with E-state index in [1.165, 1.54) is 60.1 Å². The second-order valence-electron chi connectivity index (χ2n) is 8.95. The molecule has 1 N–H and O–H groups in total. The molecule has 136 valence electrons. The van der Waals surface area contributed by atoms with Crippen LogP contribution in [0, 0.1) is 17.8 Å². The van der Waals surface area contributed by atoms with E-state index in [1.54, 1.807) is 0 Å². The normalized spacial score (nSPS) is 32.1. The third kappa shape index (κ3) is 3.12. The van der Waals surface area contributed by atoms with Crippen LogP contribution >= 0.6 is 11.8 Å². The zero-order chi connectivity index (χ0) is 17.6. The minimum absolute atomic E-state index is 0.457. The molecule has 0 aliphatic heterocycles. The van der Waals surface area contributed by atoms with E-state index in [0.717, 1.165) is 24.3 Å². The van der Waals surface area contributed by atoms with Crippen molar-refractivity contribution in [2.75, 3.05) is 6.26 Å². The predicted octanol–water partition coefficient (Wildman–Crippen LogP) is 6.13. The van der Waals surface area contributed by atoms with Gasteiger partial charge in [-0.15, -0.1) is 11.8 Å². The average molecular weight is 364 g/mol. The van der Waals surface area contributed by atoms with Gasteiger partial charge in [0.2, 0.25) is 0 Å². The molecular formula is C24H29NS.